The quantitative estimate of drug-likeness (QED) is 0.435. The largest absolute Gasteiger partial charge is 0.0738 e. The van der Waals surface area contributed by atoms with Crippen LogP contribution in [0.25, 0.3) is 0 Å². The van der Waals surface area contributed by atoms with Crippen LogP contribution in [0.15, 0.2) is 11.1 Å². The molecule has 0 bridgehead atoms. The molecule has 0 amide bonds. The summed E-state index contributed by atoms with van der Waals surface area (Å²) in [6.45, 7) is 9.19. The highest BCUT2D eigenvalue weighted by molar-refractivity contribution is 5.19. The van der Waals surface area contributed by atoms with E-state index in [1.165, 1.54) is 6.42 Å². The minimum absolute atomic E-state index is 0.838. The van der Waals surface area contributed by atoms with Crippen LogP contribution in [0.1, 0.15) is 34.1 Å². The van der Waals surface area contributed by atoms with Crippen LogP contribution in [0.5, 0.6) is 0 Å². The summed E-state index contributed by atoms with van der Waals surface area (Å²) in [5.41, 5.74) is 3.25. The van der Waals surface area contributed by atoms with Gasteiger partial charge in [0.15, 0.2) is 0 Å². The summed E-state index contributed by atoms with van der Waals surface area (Å²) < 4.78 is 0. The minimum Gasteiger partial charge on any atom is -0.0738 e. The Labute approximate surface area is 58.0 Å². The zero-order valence-corrected chi connectivity index (χ0v) is 6.86. The predicted octanol–water partition coefficient (Wildman–Crippen LogP) is 3.00. The Balaban J connectivity index is 2.74. The molecule has 0 aromatic carbocycles. The maximum atomic E-state index is 2.34. The van der Waals surface area contributed by atoms with Crippen LogP contribution >= 0.6 is 0 Å². The maximum absolute atomic E-state index is 2.34. The summed E-state index contributed by atoms with van der Waals surface area (Å²) in [6.07, 6.45) is 1.33. The third-order valence-corrected chi connectivity index (χ3v) is 2.84. The van der Waals surface area contributed by atoms with Gasteiger partial charge in [0.05, 0.1) is 0 Å². The van der Waals surface area contributed by atoms with Gasteiger partial charge in [-0.05, 0) is 32.1 Å². The molecule has 0 heteroatoms. The lowest BCUT2D eigenvalue weighted by atomic mass is 9.96. The first kappa shape index (κ1) is 6.85. The summed E-state index contributed by atoms with van der Waals surface area (Å²) in [5, 5.41) is 0. The smallest absolute Gasteiger partial charge is 0.0203 e. The number of rotatable bonds is 0. The molecule has 0 saturated heterocycles. The lowest BCUT2D eigenvalue weighted by Gasteiger charge is -2.09. The highest BCUT2D eigenvalue weighted by Gasteiger charge is 2.22. The fraction of sp³-hybridized carbons (Fsp3) is 0.778. The SMILES string of the molecule is CC1=C(C)C(C)C(C)C1. The van der Waals surface area contributed by atoms with E-state index in [1.807, 2.05) is 0 Å². The molecule has 0 N–H and O–H groups in total. The number of hydrogen-bond acceptors (Lipinski definition) is 0. The van der Waals surface area contributed by atoms with Gasteiger partial charge in [0, 0.05) is 0 Å². The second-order valence-corrected chi connectivity index (χ2v) is 3.43. The van der Waals surface area contributed by atoms with Crippen molar-refractivity contribution in [2.75, 3.05) is 0 Å². The van der Waals surface area contributed by atoms with E-state index in [0.717, 1.165) is 11.8 Å². The molecule has 2 unspecified atom stereocenters. The normalized spacial score (nSPS) is 36.0. The van der Waals surface area contributed by atoms with Gasteiger partial charge in [-0.1, -0.05) is 25.0 Å². The summed E-state index contributed by atoms with van der Waals surface area (Å²) >= 11 is 0. The molecule has 0 fully saturated rings. The molecule has 1 rings (SSSR count). The average Bonchev–Trinajstić information content (AvgIpc) is 1.98. The first-order valence-electron chi connectivity index (χ1n) is 3.79. The van der Waals surface area contributed by atoms with E-state index in [0.29, 0.717) is 0 Å². The first-order chi connectivity index (χ1) is 4.13. The van der Waals surface area contributed by atoms with Crippen LogP contribution in [-0.4, -0.2) is 0 Å². The maximum Gasteiger partial charge on any atom is -0.0203 e. The van der Waals surface area contributed by atoms with Gasteiger partial charge in [-0.25, -0.2) is 0 Å². The fourth-order valence-corrected chi connectivity index (χ4v) is 1.64. The monoisotopic (exact) mass is 124 g/mol. The van der Waals surface area contributed by atoms with Crippen molar-refractivity contribution in [1.82, 2.24) is 0 Å². The molecule has 0 radical (unpaired) electrons. The zero-order valence-electron chi connectivity index (χ0n) is 6.86. The Morgan fingerprint density at radius 3 is 1.89 bits per heavy atom. The van der Waals surface area contributed by atoms with Crippen molar-refractivity contribution in [3.63, 3.8) is 0 Å². The van der Waals surface area contributed by atoms with E-state index in [1.54, 1.807) is 11.1 Å². The first-order valence-corrected chi connectivity index (χ1v) is 3.79. The van der Waals surface area contributed by atoms with Crippen molar-refractivity contribution in [3.05, 3.63) is 11.1 Å². The second kappa shape index (κ2) is 2.17. The minimum atomic E-state index is 0.838. The van der Waals surface area contributed by atoms with Gasteiger partial charge in [-0.2, -0.15) is 0 Å². The van der Waals surface area contributed by atoms with Crippen molar-refractivity contribution in [3.8, 4) is 0 Å². The summed E-state index contributed by atoms with van der Waals surface area (Å²) in [4.78, 5) is 0. The molecule has 1 aliphatic carbocycles. The molecule has 9 heavy (non-hydrogen) atoms. The Morgan fingerprint density at radius 2 is 1.78 bits per heavy atom. The van der Waals surface area contributed by atoms with E-state index >= 15 is 0 Å². The Morgan fingerprint density at radius 1 is 1.22 bits per heavy atom. The molecule has 0 aromatic rings. The molecular formula is C9H16. The van der Waals surface area contributed by atoms with Gasteiger partial charge < -0.3 is 0 Å². The summed E-state index contributed by atoms with van der Waals surface area (Å²) in [6, 6.07) is 0. The highest BCUT2D eigenvalue weighted by Crippen LogP contribution is 2.35. The van der Waals surface area contributed by atoms with Crippen LogP contribution in [0, 0.1) is 11.8 Å². The van der Waals surface area contributed by atoms with E-state index < -0.39 is 0 Å². The molecule has 0 heterocycles. The van der Waals surface area contributed by atoms with E-state index in [9.17, 15) is 0 Å². The molecule has 1 aliphatic rings. The predicted molar refractivity (Wildman–Crippen MR) is 41.3 cm³/mol. The molecule has 0 saturated carbocycles. The standard InChI is InChI=1S/C9H16/c1-6-5-7(2)9(4)8(6)3/h6,8H,5H2,1-4H3. The molecule has 0 aliphatic heterocycles. The molecule has 0 aromatic heterocycles. The van der Waals surface area contributed by atoms with Crippen molar-refractivity contribution in [2.24, 2.45) is 11.8 Å². The van der Waals surface area contributed by atoms with Gasteiger partial charge in [-0.15, -0.1) is 0 Å². The average molecular weight is 124 g/mol. The summed E-state index contributed by atoms with van der Waals surface area (Å²) in [5.74, 6) is 1.73. The van der Waals surface area contributed by atoms with Gasteiger partial charge in [0.1, 0.15) is 0 Å². The van der Waals surface area contributed by atoms with Crippen LogP contribution in [0.2, 0.25) is 0 Å². The van der Waals surface area contributed by atoms with Gasteiger partial charge >= 0.3 is 0 Å². The summed E-state index contributed by atoms with van der Waals surface area (Å²) in [7, 11) is 0. The lowest BCUT2D eigenvalue weighted by Crippen LogP contribution is -2.00. The van der Waals surface area contributed by atoms with Crippen molar-refractivity contribution in [2.45, 2.75) is 34.1 Å². The third kappa shape index (κ3) is 1.03. The fourth-order valence-electron chi connectivity index (χ4n) is 1.64. The van der Waals surface area contributed by atoms with Gasteiger partial charge in [0.25, 0.3) is 0 Å². The molecule has 0 nitrogen and oxygen atoms in total. The molecule has 2 atom stereocenters. The van der Waals surface area contributed by atoms with Crippen LogP contribution in [0.3, 0.4) is 0 Å². The Bertz CT molecular complexity index is 142. The van der Waals surface area contributed by atoms with E-state index in [2.05, 4.69) is 27.7 Å². The second-order valence-electron chi connectivity index (χ2n) is 3.43. The van der Waals surface area contributed by atoms with Gasteiger partial charge in [0.2, 0.25) is 0 Å². The lowest BCUT2D eigenvalue weighted by molar-refractivity contribution is 0.479. The number of allylic oxidation sites excluding steroid dienone is 2. The molecular weight excluding hydrogens is 108 g/mol. The van der Waals surface area contributed by atoms with Crippen molar-refractivity contribution in [1.29, 1.82) is 0 Å². The van der Waals surface area contributed by atoms with Crippen LogP contribution in [-0.2, 0) is 0 Å². The topological polar surface area (TPSA) is 0 Å². The Kier molecular flexibility index (Phi) is 1.65. The van der Waals surface area contributed by atoms with Crippen molar-refractivity contribution < 1.29 is 0 Å². The Hall–Kier alpha value is -0.260. The van der Waals surface area contributed by atoms with Crippen molar-refractivity contribution >= 4 is 0 Å². The molecule has 52 valence electrons. The zero-order chi connectivity index (χ0) is 7.02. The van der Waals surface area contributed by atoms with E-state index in [4.69, 9.17) is 0 Å². The highest BCUT2D eigenvalue weighted by atomic mass is 14.3. The van der Waals surface area contributed by atoms with Crippen LogP contribution < -0.4 is 0 Å². The third-order valence-electron chi connectivity index (χ3n) is 2.84. The number of hydrogen-bond donors (Lipinski definition) is 0. The van der Waals surface area contributed by atoms with Gasteiger partial charge in [-0.3, -0.25) is 0 Å². The molecule has 0 spiro atoms. The van der Waals surface area contributed by atoms with Crippen LogP contribution in [0.4, 0.5) is 0 Å². The van der Waals surface area contributed by atoms with E-state index in [-0.39, 0.29) is 0 Å².